The molecule has 2 aromatic rings. The number of carbonyl (C=O) groups is 2. The van der Waals surface area contributed by atoms with Crippen LogP contribution in [-0.2, 0) is 29.3 Å². The maximum Gasteiger partial charge on any atom is 0.244 e. The first-order valence-electron chi connectivity index (χ1n) is 9.37. The van der Waals surface area contributed by atoms with Crippen molar-refractivity contribution in [3.63, 3.8) is 0 Å². The van der Waals surface area contributed by atoms with Crippen LogP contribution in [0.15, 0.2) is 42.5 Å². The van der Waals surface area contributed by atoms with Crippen molar-refractivity contribution in [2.75, 3.05) is 0 Å². The lowest BCUT2D eigenvalue weighted by molar-refractivity contribution is -0.141. The van der Waals surface area contributed by atoms with Crippen LogP contribution in [0.25, 0.3) is 0 Å². The molecule has 0 spiro atoms. The summed E-state index contributed by atoms with van der Waals surface area (Å²) >= 11 is 0. The number of benzene rings is 2. The molecule has 2 heterocycles. The fraction of sp³-hybridized carbons (Fsp3) is 0.333. The van der Waals surface area contributed by atoms with E-state index < -0.39 is 12.3 Å². The first-order valence-corrected chi connectivity index (χ1v) is 9.37. The minimum absolute atomic E-state index is 0.267. The Labute approximate surface area is 163 Å². The van der Waals surface area contributed by atoms with Crippen LogP contribution in [0.2, 0.25) is 0 Å². The molecule has 0 radical (unpaired) electrons. The fourth-order valence-corrected chi connectivity index (χ4v) is 3.79. The molecule has 2 amide bonds. The lowest BCUT2D eigenvalue weighted by Gasteiger charge is -2.31. The molecule has 0 bridgehead atoms. The second kappa shape index (κ2) is 7.71. The molecule has 2 aliphatic rings. The highest BCUT2D eigenvalue weighted by Crippen LogP contribution is 2.39. The Hall–Kier alpha value is -2.74. The SMILES string of the molecule is NCc1ccc(COc2cccc3c2CN(C2CCC(=O)NC2=O)C3O)cc1. The minimum atomic E-state index is -0.897. The minimum Gasteiger partial charge on any atom is -0.489 e. The van der Waals surface area contributed by atoms with Crippen molar-refractivity contribution in [3.05, 3.63) is 64.7 Å². The second-order valence-corrected chi connectivity index (χ2v) is 7.15. The molecule has 28 heavy (non-hydrogen) atoms. The highest BCUT2D eigenvalue weighted by molar-refractivity contribution is 6.00. The third-order valence-corrected chi connectivity index (χ3v) is 5.37. The van der Waals surface area contributed by atoms with E-state index >= 15 is 0 Å². The van der Waals surface area contributed by atoms with Crippen LogP contribution >= 0.6 is 0 Å². The zero-order valence-corrected chi connectivity index (χ0v) is 15.4. The molecule has 2 aliphatic heterocycles. The molecule has 146 valence electrons. The number of rotatable bonds is 5. The predicted octanol–water partition coefficient (Wildman–Crippen LogP) is 1.34. The monoisotopic (exact) mass is 381 g/mol. The first kappa shape index (κ1) is 18.6. The van der Waals surface area contributed by atoms with Crippen molar-refractivity contribution in [1.82, 2.24) is 10.2 Å². The van der Waals surface area contributed by atoms with Gasteiger partial charge in [0.25, 0.3) is 0 Å². The maximum atomic E-state index is 12.2. The number of imide groups is 1. The number of aliphatic hydroxyl groups is 1. The maximum absolute atomic E-state index is 12.2. The average molecular weight is 381 g/mol. The Morgan fingerprint density at radius 2 is 1.89 bits per heavy atom. The Morgan fingerprint density at radius 1 is 1.14 bits per heavy atom. The number of piperidine rings is 1. The molecular formula is C21H23N3O4. The van der Waals surface area contributed by atoms with Crippen LogP contribution in [0, 0.1) is 0 Å². The van der Waals surface area contributed by atoms with Gasteiger partial charge in [-0.2, -0.15) is 0 Å². The van der Waals surface area contributed by atoms with Crippen molar-refractivity contribution >= 4 is 11.8 Å². The quantitative estimate of drug-likeness (QED) is 0.675. The summed E-state index contributed by atoms with van der Waals surface area (Å²) in [6.45, 7) is 1.29. The number of carbonyl (C=O) groups excluding carboxylic acids is 2. The largest absolute Gasteiger partial charge is 0.489 e. The van der Waals surface area contributed by atoms with E-state index in [9.17, 15) is 14.7 Å². The summed E-state index contributed by atoms with van der Waals surface area (Å²) in [5, 5.41) is 13.1. The molecule has 0 saturated carbocycles. The zero-order valence-electron chi connectivity index (χ0n) is 15.4. The van der Waals surface area contributed by atoms with E-state index in [1.165, 1.54) is 0 Å². The number of nitrogens with one attached hydrogen (secondary N) is 1. The van der Waals surface area contributed by atoms with Crippen LogP contribution in [0.1, 0.15) is 41.3 Å². The fourth-order valence-electron chi connectivity index (χ4n) is 3.79. The molecular weight excluding hydrogens is 358 g/mol. The molecule has 0 aliphatic carbocycles. The van der Waals surface area contributed by atoms with E-state index in [1.807, 2.05) is 42.5 Å². The molecule has 7 heteroatoms. The molecule has 2 aromatic carbocycles. The van der Waals surface area contributed by atoms with Crippen molar-refractivity contribution in [2.45, 2.75) is 44.8 Å². The molecule has 2 atom stereocenters. The molecule has 4 N–H and O–H groups in total. The summed E-state index contributed by atoms with van der Waals surface area (Å²) in [7, 11) is 0. The van der Waals surface area contributed by atoms with Crippen LogP contribution in [0.4, 0.5) is 0 Å². The summed E-state index contributed by atoms with van der Waals surface area (Å²) in [6.07, 6.45) is -0.219. The van der Waals surface area contributed by atoms with Crippen LogP contribution < -0.4 is 15.8 Å². The topological polar surface area (TPSA) is 105 Å². The van der Waals surface area contributed by atoms with E-state index in [0.717, 1.165) is 22.3 Å². The number of fused-ring (bicyclic) bond motifs is 1. The number of nitrogens with two attached hydrogens (primary N) is 1. The number of aliphatic hydroxyl groups excluding tert-OH is 1. The van der Waals surface area contributed by atoms with Gasteiger partial charge in [-0.05, 0) is 23.6 Å². The van der Waals surface area contributed by atoms with Gasteiger partial charge in [0, 0.05) is 30.6 Å². The summed E-state index contributed by atoms with van der Waals surface area (Å²) in [5.41, 5.74) is 9.32. The highest BCUT2D eigenvalue weighted by atomic mass is 16.5. The summed E-state index contributed by atoms with van der Waals surface area (Å²) in [4.78, 5) is 25.3. The molecule has 2 unspecified atom stereocenters. The number of amides is 2. The predicted molar refractivity (Wildman–Crippen MR) is 102 cm³/mol. The number of hydrogen-bond acceptors (Lipinski definition) is 6. The van der Waals surface area contributed by atoms with Gasteiger partial charge in [-0.25, -0.2) is 0 Å². The average Bonchev–Trinajstić information content (AvgIpc) is 3.04. The zero-order chi connectivity index (χ0) is 19.7. The van der Waals surface area contributed by atoms with Gasteiger partial charge in [0.15, 0.2) is 0 Å². The first-order chi connectivity index (χ1) is 13.6. The Kier molecular flexibility index (Phi) is 5.13. The third kappa shape index (κ3) is 3.52. The molecule has 7 nitrogen and oxygen atoms in total. The number of hydrogen-bond donors (Lipinski definition) is 3. The van der Waals surface area contributed by atoms with Crippen molar-refractivity contribution in [3.8, 4) is 5.75 Å². The summed E-state index contributed by atoms with van der Waals surface area (Å²) < 4.78 is 6.01. The van der Waals surface area contributed by atoms with Crippen LogP contribution in [0.3, 0.4) is 0 Å². The van der Waals surface area contributed by atoms with Crippen LogP contribution in [-0.4, -0.2) is 27.9 Å². The Morgan fingerprint density at radius 3 is 2.61 bits per heavy atom. The van der Waals surface area contributed by atoms with Gasteiger partial charge in [-0.15, -0.1) is 0 Å². The lowest BCUT2D eigenvalue weighted by Crippen LogP contribution is -2.51. The van der Waals surface area contributed by atoms with Gasteiger partial charge in [0.2, 0.25) is 11.8 Å². The van der Waals surface area contributed by atoms with Gasteiger partial charge in [0.05, 0.1) is 6.04 Å². The van der Waals surface area contributed by atoms with Gasteiger partial charge < -0.3 is 15.6 Å². The molecule has 4 rings (SSSR count). The van der Waals surface area contributed by atoms with E-state index in [2.05, 4.69) is 5.32 Å². The number of ether oxygens (including phenoxy) is 1. The standard InChI is InChI=1S/C21H23N3O4/c22-10-13-4-6-14(7-5-13)12-28-18-3-1-2-15-16(18)11-24(21(15)27)17-8-9-19(25)23-20(17)26/h1-7,17,21,27H,8-12,22H2,(H,23,25,26). The molecule has 1 saturated heterocycles. The normalized spacial score (nSPS) is 22.1. The van der Waals surface area contributed by atoms with Gasteiger partial charge in [-0.3, -0.25) is 19.8 Å². The molecule has 1 fully saturated rings. The molecule has 0 aromatic heterocycles. The highest BCUT2D eigenvalue weighted by Gasteiger charge is 2.40. The summed E-state index contributed by atoms with van der Waals surface area (Å²) in [5.74, 6) is 0.0666. The van der Waals surface area contributed by atoms with E-state index in [-0.39, 0.29) is 18.2 Å². The van der Waals surface area contributed by atoms with Crippen LogP contribution in [0.5, 0.6) is 5.75 Å². The van der Waals surface area contributed by atoms with Crippen molar-refractivity contribution in [1.29, 1.82) is 0 Å². The van der Waals surface area contributed by atoms with E-state index in [0.29, 0.717) is 31.9 Å². The van der Waals surface area contributed by atoms with Gasteiger partial charge in [-0.1, -0.05) is 36.4 Å². The van der Waals surface area contributed by atoms with E-state index in [4.69, 9.17) is 10.5 Å². The van der Waals surface area contributed by atoms with Gasteiger partial charge in [0.1, 0.15) is 18.6 Å². The van der Waals surface area contributed by atoms with Gasteiger partial charge >= 0.3 is 0 Å². The van der Waals surface area contributed by atoms with Crippen molar-refractivity contribution < 1.29 is 19.4 Å². The lowest BCUT2D eigenvalue weighted by atomic mass is 10.0. The third-order valence-electron chi connectivity index (χ3n) is 5.37. The number of nitrogens with zero attached hydrogens (tertiary/aromatic N) is 1. The second-order valence-electron chi connectivity index (χ2n) is 7.15. The Bertz CT molecular complexity index is 897. The summed E-state index contributed by atoms with van der Waals surface area (Å²) in [6, 6.07) is 12.9. The van der Waals surface area contributed by atoms with Crippen molar-refractivity contribution in [2.24, 2.45) is 5.73 Å². The van der Waals surface area contributed by atoms with E-state index in [1.54, 1.807) is 4.90 Å². The Balaban J connectivity index is 1.50. The smallest absolute Gasteiger partial charge is 0.244 e.